The summed E-state index contributed by atoms with van der Waals surface area (Å²) in [5.41, 5.74) is 0.661. The Balaban J connectivity index is 2.14. The highest BCUT2D eigenvalue weighted by atomic mass is 19.1. The van der Waals surface area contributed by atoms with Crippen molar-refractivity contribution in [2.24, 2.45) is 5.92 Å². The third kappa shape index (κ3) is 3.48. The number of nitrogens with one attached hydrogen (secondary N) is 1. The summed E-state index contributed by atoms with van der Waals surface area (Å²) in [5.74, 6) is -0.635. The number of aromatic nitrogens is 1. The first-order valence-electron chi connectivity index (χ1n) is 6.92. The number of rotatable bonds is 5. The number of amides is 1. The molecule has 0 spiro atoms. The summed E-state index contributed by atoms with van der Waals surface area (Å²) in [6, 6.07) is 5.79. The van der Waals surface area contributed by atoms with Gasteiger partial charge in [-0.25, -0.2) is 4.39 Å². The van der Waals surface area contributed by atoms with Crippen molar-refractivity contribution in [1.29, 1.82) is 0 Å². The molecule has 0 aliphatic rings. The highest BCUT2D eigenvalue weighted by Gasteiger charge is 2.20. The maximum absolute atomic E-state index is 13.3. The van der Waals surface area contributed by atoms with Crippen LogP contribution in [0.15, 0.2) is 30.5 Å². The predicted octanol–water partition coefficient (Wildman–Crippen LogP) is 2.51. The van der Waals surface area contributed by atoms with E-state index in [9.17, 15) is 14.0 Å². The molecule has 0 radical (unpaired) electrons. The van der Waals surface area contributed by atoms with Crippen LogP contribution in [0.1, 0.15) is 20.8 Å². The second-order valence-electron chi connectivity index (χ2n) is 5.55. The van der Waals surface area contributed by atoms with Crippen molar-refractivity contribution in [3.05, 3.63) is 36.3 Å². The molecule has 1 atom stereocenters. The smallest absolute Gasteiger partial charge is 0.240 e. The molecule has 4 nitrogen and oxygen atoms in total. The van der Waals surface area contributed by atoms with Crippen LogP contribution in [0.25, 0.3) is 10.9 Å². The minimum absolute atomic E-state index is 0.0327. The number of carbonyl (C=O) groups excluding carboxylic acids is 2. The van der Waals surface area contributed by atoms with Gasteiger partial charge in [-0.2, -0.15) is 0 Å². The van der Waals surface area contributed by atoms with E-state index in [0.717, 1.165) is 5.39 Å². The van der Waals surface area contributed by atoms with Gasteiger partial charge in [0.25, 0.3) is 0 Å². The molecule has 21 heavy (non-hydrogen) atoms. The van der Waals surface area contributed by atoms with Gasteiger partial charge in [-0.15, -0.1) is 0 Å². The van der Waals surface area contributed by atoms with Gasteiger partial charge in [0, 0.05) is 6.20 Å². The maximum Gasteiger partial charge on any atom is 0.240 e. The molecule has 1 aromatic heterocycles. The van der Waals surface area contributed by atoms with Gasteiger partial charge >= 0.3 is 0 Å². The van der Waals surface area contributed by atoms with E-state index in [1.54, 1.807) is 16.8 Å². The van der Waals surface area contributed by atoms with Crippen molar-refractivity contribution in [3.8, 4) is 0 Å². The average Bonchev–Trinajstić information content (AvgIpc) is 2.78. The Morgan fingerprint density at radius 1 is 1.29 bits per heavy atom. The fraction of sp³-hybridized carbons (Fsp3) is 0.375. The van der Waals surface area contributed by atoms with Crippen molar-refractivity contribution in [1.82, 2.24) is 9.88 Å². The molecular formula is C16H19FN2O2. The van der Waals surface area contributed by atoms with Crippen LogP contribution in [0.3, 0.4) is 0 Å². The fourth-order valence-electron chi connectivity index (χ4n) is 2.41. The van der Waals surface area contributed by atoms with E-state index < -0.39 is 6.04 Å². The van der Waals surface area contributed by atoms with Gasteiger partial charge in [0.15, 0.2) is 5.78 Å². The van der Waals surface area contributed by atoms with Crippen molar-refractivity contribution in [2.45, 2.75) is 33.4 Å². The Hall–Kier alpha value is -2.17. The summed E-state index contributed by atoms with van der Waals surface area (Å²) in [7, 11) is 0. The number of fused-ring (bicyclic) bond motifs is 1. The predicted molar refractivity (Wildman–Crippen MR) is 79.3 cm³/mol. The van der Waals surface area contributed by atoms with Crippen LogP contribution in [-0.2, 0) is 16.1 Å². The van der Waals surface area contributed by atoms with Gasteiger partial charge in [-0.3, -0.25) is 9.59 Å². The van der Waals surface area contributed by atoms with E-state index in [1.807, 2.05) is 19.9 Å². The minimum atomic E-state index is -0.490. The number of nitrogens with zero attached hydrogens (tertiary/aromatic N) is 1. The summed E-state index contributed by atoms with van der Waals surface area (Å²) in [5, 5.41) is 3.60. The molecule has 0 aliphatic heterocycles. The number of halogens is 1. The zero-order valence-corrected chi connectivity index (χ0v) is 12.4. The Labute approximate surface area is 122 Å². The monoisotopic (exact) mass is 290 g/mol. The molecule has 0 saturated heterocycles. The van der Waals surface area contributed by atoms with Crippen LogP contribution in [0.5, 0.6) is 0 Å². The van der Waals surface area contributed by atoms with Crippen LogP contribution in [-0.4, -0.2) is 22.3 Å². The average molecular weight is 290 g/mol. The summed E-state index contributed by atoms with van der Waals surface area (Å²) in [6.45, 7) is 5.29. The van der Waals surface area contributed by atoms with E-state index in [4.69, 9.17) is 0 Å². The molecule has 1 aromatic carbocycles. The number of carbonyl (C=O) groups is 2. The first-order chi connectivity index (χ1) is 9.88. The third-order valence-corrected chi connectivity index (χ3v) is 3.47. The Bertz CT molecular complexity index is 676. The van der Waals surface area contributed by atoms with Crippen LogP contribution in [0.2, 0.25) is 0 Å². The molecule has 0 aliphatic carbocycles. The Kier molecular flexibility index (Phi) is 4.40. The molecule has 1 heterocycles. The lowest BCUT2D eigenvalue weighted by Gasteiger charge is -2.19. The first-order valence-corrected chi connectivity index (χ1v) is 6.92. The van der Waals surface area contributed by atoms with Gasteiger partial charge in [0.1, 0.15) is 12.4 Å². The summed E-state index contributed by atoms with van der Waals surface area (Å²) in [6.07, 6.45) is 1.74. The van der Waals surface area contributed by atoms with E-state index >= 15 is 0 Å². The van der Waals surface area contributed by atoms with Gasteiger partial charge < -0.3 is 9.88 Å². The summed E-state index contributed by atoms with van der Waals surface area (Å²) in [4.78, 5) is 23.6. The second kappa shape index (κ2) is 6.08. The molecule has 0 saturated carbocycles. The number of benzene rings is 1. The lowest BCUT2D eigenvalue weighted by atomic mass is 10.0. The standard InChI is InChI=1S/C16H19FN2O2/c1-10(2)16(11(3)20)18-15(21)9-19-7-6-12-4-5-13(17)8-14(12)19/h4-8,10,16H,9H2,1-3H3,(H,18,21). The van der Waals surface area contributed by atoms with E-state index in [1.165, 1.54) is 19.1 Å². The molecule has 5 heteroatoms. The van der Waals surface area contributed by atoms with Crippen LogP contribution in [0, 0.1) is 11.7 Å². The molecule has 1 amide bonds. The topological polar surface area (TPSA) is 51.1 Å². The van der Waals surface area contributed by atoms with E-state index in [-0.39, 0.29) is 30.0 Å². The Morgan fingerprint density at radius 3 is 2.62 bits per heavy atom. The third-order valence-electron chi connectivity index (χ3n) is 3.47. The molecule has 1 unspecified atom stereocenters. The van der Waals surface area contributed by atoms with E-state index in [2.05, 4.69) is 5.32 Å². The number of hydrogen-bond donors (Lipinski definition) is 1. The molecule has 0 bridgehead atoms. The lowest BCUT2D eigenvalue weighted by molar-refractivity contribution is -0.128. The molecule has 1 N–H and O–H groups in total. The minimum Gasteiger partial charge on any atom is -0.344 e. The maximum atomic E-state index is 13.3. The molecule has 2 aromatic rings. The first kappa shape index (κ1) is 15.2. The fourth-order valence-corrected chi connectivity index (χ4v) is 2.41. The quantitative estimate of drug-likeness (QED) is 0.920. The highest BCUT2D eigenvalue weighted by molar-refractivity contribution is 5.88. The van der Waals surface area contributed by atoms with Gasteiger partial charge in [0.2, 0.25) is 5.91 Å². The number of ketones is 1. The van der Waals surface area contributed by atoms with Gasteiger partial charge in [-0.1, -0.05) is 13.8 Å². The van der Waals surface area contributed by atoms with Crippen molar-refractivity contribution < 1.29 is 14.0 Å². The Morgan fingerprint density at radius 2 is 2.00 bits per heavy atom. The summed E-state index contributed by atoms with van der Waals surface area (Å²) >= 11 is 0. The van der Waals surface area contributed by atoms with Gasteiger partial charge in [-0.05, 0) is 42.5 Å². The van der Waals surface area contributed by atoms with Gasteiger partial charge in [0.05, 0.1) is 11.6 Å². The zero-order chi connectivity index (χ0) is 15.6. The summed E-state index contributed by atoms with van der Waals surface area (Å²) < 4.78 is 15.0. The van der Waals surface area contributed by atoms with E-state index in [0.29, 0.717) is 5.52 Å². The number of hydrogen-bond acceptors (Lipinski definition) is 2. The number of Topliss-reactive ketones (excluding diaryl/α,β-unsaturated/α-hetero) is 1. The molecule has 112 valence electrons. The van der Waals surface area contributed by atoms with Crippen molar-refractivity contribution >= 4 is 22.6 Å². The molecule has 0 fully saturated rings. The zero-order valence-electron chi connectivity index (χ0n) is 12.4. The van der Waals surface area contributed by atoms with Crippen molar-refractivity contribution in [3.63, 3.8) is 0 Å². The second-order valence-corrected chi connectivity index (χ2v) is 5.55. The SMILES string of the molecule is CC(=O)C(NC(=O)Cn1ccc2ccc(F)cc21)C(C)C. The van der Waals surface area contributed by atoms with Crippen LogP contribution >= 0.6 is 0 Å². The van der Waals surface area contributed by atoms with Crippen LogP contribution < -0.4 is 5.32 Å². The van der Waals surface area contributed by atoms with Crippen LogP contribution in [0.4, 0.5) is 4.39 Å². The highest BCUT2D eigenvalue weighted by Crippen LogP contribution is 2.17. The largest absolute Gasteiger partial charge is 0.344 e. The molecular weight excluding hydrogens is 271 g/mol. The molecule has 2 rings (SSSR count). The lowest BCUT2D eigenvalue weighted by Crippen LogP contribution is -2.44. The van der Waals surface area contributed by atoms with Crippen molar-refractivity contribution in [2.75, 3.05) is 0 Å². The normalized spacial score (nSPS) is 12.6.